The van der Waals surface area contributed by atoms with Crippen LogP contribution in [0.2, 0.25) is 0 Å². The molecule has 1 heterocycles. The van der Waals surface area contributed by atoms with Crippen LogP contribution in [0.15, 0.2) is 18.2 Å². The molecule has 17 heavy (non-hydrogen) atoms. The summed E-state index contributed by atoms with van der Waals surface area (Å²) in [6.45, 7) is 3.17. The van der Waals surface area contributed by atoms with E-state index in [1.54, 1.807) is 11.8 Å². The van der Waals surface area contributed by atoms with Gasteiger partial charge in [0.15, 0.2) is 5.82 Å². The lowest BCUT2D eigenvalue weighted by atomic mass is 10.1. The van der Waals surface area contributed by atoms with Gasteiger partial charge in [-0.1, -0.05) is 11.6 Å². The summed E-state index contributed by atoms with van der Waals surface area (Å²) >= 11 is 0. The van der Waals surface area contributed by atoms with Crippen molar-refractivity contribution in [2.75, 3.05) is 19.5 Å². The Hall–Kier alpha value is -1.95. The smallest absolute Gasteiger partial charge is 0.184 e. The second-order valence-corrected chi connectivity index (χ2v) is 3.81. The number of hydrogen-bond acceptors (Lipinski definition) is 5. The highest BCUT2D eigenvalue weighted by Crippen LogP contribution is 2.24. The molecular weight excluding hydrogens is 218 g/mol. The number of aryl methyl sites for hydroxylation is 1. The molecule has 0 radical (unpaired) electrons. The fraction of sp³-hybridized carbons (Fsp3) is 0.364. The van der Waals surface area contributed by atoms with Gasteiger partial charge in [0.25, 0.3) is 0 Å². The van der Waals surface area contributed by atoms with Crippen LogP contribution in [0.3, 0.4) is 0 Å². The first-order valence-corrected chi connectivity index (χ1v) is 5.34. The molecule has 0 unspecified atom stereocenters. The maximum atomic E-state index is 5.94. The molecule has 0 aliphatic heterocycles. The van der Waals surface area contributed by atoms with E-state index in [1.807, 2.05) is 25.1 Å². The fourth-order valence-corrected chi connectivity index (χ4v) is 1.59. The summed E-state index contributed by atoms with van der Waals surface area (Å²) in [5.41, 5.74) is 8.58. The van der Waals surface area contributed by atoms with E-state index >= 15 is 0 Å². The van der Waals surface area contributed by atoms with E-state index in [0.717, 1.165) is 11.1 Å². The standard InChI is InChI=1S/C11H15N5O/c1-8-3-4-10(12)9(7-8)11-13-14-15-16(11)5-6-17-2/h3-4,7H,5-6,12H2,1-2H3. The van der Waals surface area contributed by atoms with E-state index in [-0.39, 0.29) is 0 Å². The summed E-state index contributed by atoms with van der Waals surface area (Å²) < 4.78 is 6.70. The van der Waals surface area contributed by atoms with Gasteiger partial charge in [-0.05, 0) is 29.5 Å². The van der Waals surface area contributed by atoms with Crippen LogP contribution in [0.1, 0.15) is 5.56 Å². The van der Waals surface area contributed by atoms with Gasteiger partial charge in [-0.25, -0.2) is 4.68 Å². The maximum Gasteiger partial charge on any atom is 0.184 e. The van der Waals surface area contributed by atoms with Crippen LogP contribution in [-0.2, 0) is 11.3 Å². The van der Waals surface area contributed by atoms with E-state index in [9.17, 15) is 0 Å². The molecule has 0 atom stereocenters. The van der Waals surface area contributed by atoms with E-state index in [4.69, 9.17) is 10.5 Å². The Morgan fingerprint density at radius 3 is 3.00 bits per heavy atom. The zero-order chi connectivity index (χ0) is 12.3. The van der Waals surface area contributed by atoms with Crippen molar-refractivity contribution in [2.24, 2.45) is 0 Å². The Labute approximate surface area is 99.4 Å². The molecule has 2 N–H and O–H groups in total. The number of benzene rings is 1. The van der Waals surface area contributed by atoms with Crippen LogP contribution in [0.5, 0.6) is 0 Å². The van der Waals surface area contributed by atoms with E-state index in [0.29, 0.717) is 24.7 Å². The van der Waals surface area contributed by atoms with Gasteiger partial charge < -0.3 is 10.5 Å². The van der Waals surface area contributed by atoms with Crippen molar-refractivity contribution < 1.29 is 4.74 Å². The molecular formula is C11H15N5O. The summed E-state index contributed by atoms with van der Waals surface area (Å²) in [5, 5.41) is 11.6. The molecule has 0 bridgehead atoms. The average molecular weight is 233 g/mol. The molecule has 90 valence electrons. The minimum absolute atomic E-state index is 0.559. The Kier molecular flexibility index (Phi) is 3.34. The number of aromatic nitrogens is 4. The van der Waals surface area contributed by atoms with Crippen LogP contribution in [0.4, 0.5) is 5.69 Å². The highest BCUT2D eigenvalue weighted by atomic mass is 16.5. The third kappa shape index (κ3) is 2.42. The van der Waals surface area contributed by atoms with Gasteiger partial charge >= 0.3 is 0 Å². The van der Waals surface area contributed by atoms with Crippen LogP contribution >= 0.6 is 0 Å². The van der Waals surface area contributed by atoms with Crippen molar-refractivity contribution in [3.8, 4) is 11.4 Å². The molecule has 0 aliphatic rings. The monoisotopic (exact) mass is 233 g/mol. The first-order chi connectivity index (χ1) is 8.22. The Balaban J connectivity index is 2.38. The molecule has 6 nitrogen and oxygen atoms in total. The quantitative estimate of drug-likeness (QED) is 0.793. The number of tetrazole rings is 1. The van der Waals surface area contributed by atoms with E-state index < -0.39 is 0 Å². The lowest BCUT2D eigenvalue weighted by Gasteiger charge is -2.07. The van der Waals surface area contributed by atoms with Gasteiger partial charge in [0, 0.05) is 18.4 Å². The molecule has 0 saturated carbocycles. The van der Waals surface area contributed by atoms with Crippen LogP contribution in [0.25, 0.3) is 11.4 Å². The lowest BCUT2D eigenvalue weighted by molar-refractivity contribution is 0.183. The van der Waals surface area contributed by atoms with Crippen molar-refractivity contribution in [1.82, 2.24) is 20.2 Å². The van der Waals surface area contributed by atoms with Crippen LogP contribution in [-0.4, -0.2) is 33.9 Å². The van der Waals surface area contributed by atoms with Gasteiger partial charge in [0.2, 0.25) is 0 Å². The third-order valence-electron chi connectivity index (χ3n) is 2.49. The maximum absolute atomic E-state index is 5.94. The molecule has 0 amide bonds. The second kappa shape index (κ2) is 4.92. The molecule has 0 fully saturated rings. The molecule has 0 aliphatic carbocycles. The summed E-state index contributed by atoms with van der Waals surface area (Å²) in [4.78, 5) is 0. The summed E-state index contributed by atoms with van der Waals surface area (Å²) in [7, 11) is 1.64. The minimum Gasteiger partial charge on any atom is -0.398 e. The van der Waals surface area contributed by atoms with Crippen molar-refractivity contribution in [2.45, 2.75) is 13.5 Å². The highest BCUT2D eigenvalue weighted by molar-refractivity contribution is 5.71. The summed E-state index contributed by atoms with van der Waals surface area (Å²) in [5.74, 6) is 0.670. The first kappa shape index (κ1) is 11.5. The van der Waals surface area contributed by atoms with Gasteiger partial charge in [-0.3, -0.25) is 0 Å². The molecule has 2 rings (SSSR count). The zero-order valence-corrected chi connectivity index (χ0v) is 9.92. The Morgan fingerprint density at radius 2 is 2.24 bits per heavy atom. The molecule has 1 aromatic heterocycles. The number of nitrogen functional groups attached to an aromatic ring is 1. The third-order valence-corrected chi connectivity index (χ3v) is 2.49. The van der Waals surface area contributed by atoms with Crippen LogP contribution in [0, 0.1) is 6.92 Å². The predicted molar refractivity (Wildman–Crippen MR) is 64.3 cm³/mol. The normalized spacial score (nSPS) is 10.7. The van der Waals surface area contributed by atoms with Crippen molar-refractivity contribution in [1.29, 1.82) is 0 Å². The minimum atomic E-state index is 0.559. The number of rotatable bonds is 4. The molecule has 6 heteroatoms. The second-order valence-electron chi connectivity index (χ2n) is 3.81. The number of ether oxygens (including phenoxy) is 1. The lowest BCUT2D eigenvalue weighted by Crippen LogP contribution is -2.08. The largest absolute Gasteiger partial charge is 0.398 e. The average Bonchev–Trinajstić information content (AvgIpc) is 2.77. The zero-order valence-electron chi connectivity index (χ0n) is 9.92. The van der Waals surface area contributed by atoms with Gasteiger partial charge in [-0.15, -0.1) is 5.10 Å². The Morgan fingerprint density at radius 1 is 1.41 bits per heavy atom. The molecule has 0 spiro atoms. The number of nitrogens with two attached hydrogens (primary N) is 1. The number of nitrogens with zero attached hydrogens (tertiary/aromatic N) is 4. The molecule has 1 aromatic carbocycles. The topological polar surface area (TPSA) is 78.8 Å². The number of hydrogen-bond donors (Lipinski definition) is 1. The van der Waals surface area contributed by atoms with Gasteiger partial charge in [0.1, 0.15) is 0 Å². The number of anilines is 1. The molecule has 2 aromatic rings. The van der Waals surface area contributed by atoms with Crippen molar-refractivity contribution >= 4 is 5.69 Å². The number of methoxy groups -OCH3 is 1. The SMILES string of the molecule is COCCn1nnnc1-c1cc(C)ccc1N. The fourth-order valence-electron chi connectivity index (χ4n) is 1.59. The van der Waals surface area contributed by atoms with Crippen molar-refractivity contribution in [3.05, 3.63) is 23.8 Å². The molecule has 0 saturated heterocycles. The van der Waals surface area contributed by atoms with Gasteiger partial charge in [-0.2, -0.15) is 0 Å². The summed E-state index contributed by atoms with van der Waals surface area (Å²) in [6, 6.07) is 5.80. The van der Waals surface area contributed by atoms with Gasteiger partial charge in [0.05, 0.1) is 13.2 Å². The van der Waals surface area contributed by atoms with Crippen LogP contribution < -0.4 is 5.73 Å². The Bertz CT molecular complexity index is 508. The van der Waals surface area contributed by atoms with E-state index in [2.05, 4.69) is 15.5 Å². The van der Waals surface area contributed by atoms with E-state index in [1.165, 1.54) is 0 Å². The van der Waals surface area contributed by atoms with Crippen molar-refractivity contribution in [3.63, 3.8) is 0 Å². The summed E-state index contributed by atoms with van der Waals surface area (Å²) in [6.07, 6.45) is 0. The highest BCUT2D eigenvalue weighted by Gasteiger charge is 2.11. The first-order valence-electron chi connectivity index (χ1n) is 5.34. The predicted octanol–water partition coefficient (Wildman–Crippen LogP) is 0.877.